The molecular weight excluding hydrogens is 747 g/mol. The Morgan fingerprint density at radius 3 is 0.738 bits per heavy atom. The molecule has 0 spiro atoms. The van der Waals surface area contributed by atoms with E-state index in [2.05, 4.69) is 19.2 Å². The monoisotopic (exact) mass is 862 g/mol. The fourth-order valence-electron chi connectivity index (χ4n) is 9.48. The molecule has 1 amide bonds. The van der Waals surface area contributed by atoms with E-state index in [9.17, 15) is 15.0 Å². The SMILES string of the molecule is CCCCCCCCCCCCCCCCCCCCCCCCCCCCCCCC(=O)NC(CO)C(O)CCCCCCCCCCCCCCCCCCCCCC. The van der Waals surface area contributed by atoms with Gasteiger partial charge in [0.05, 0.1) is 18.8 Å². The van der Waals surface area contributed by atoms with Gasteiger partial charge in [-0.3, -0.25) is 4.79 Å². The molecule has 61 heavy (non-hydrogen) atoms. The van der Waals surface area contributed by atoms with Gasteiger partial charge in [-0.15, -0.1) is 0 Å². The zero-order valence-corrected chi connectivity index (χ0v) is 42.2. The molecule has 0 aromatic carbocycles. The van der Waals surface area contributed by atoms with Crippen LogP contribution in [0.5, 0.6) is 0 Å². The number of nitrogens with one attached hydrogen (secondary N) is 1. The van der Waals surface area contributed by atoms with Crippen LogP contribution < -0.4 is 5.32 Å². The molecule has 0 aliphatic heterocycles. The Kier molecular flexibility index (Phi) is 53.2. The second kappa shape index (κ2) is 53.7. The van der Waals surface area contributed by atoms with Crippen molar-refractivity contribution in [3.05, 3.63) is 0 Å². The standard InChI is InChI=1S/C57H115NO3/c1-3-5-7-9-11-13-15-17-19-21-23-25-26-27-28-29-30-31-32-33-35-37-39-41-43-45-47-49-51-53-57(61)58-55(54-59)56(60)52-50-48-46-44-42-40-38-36-34-24-22-20-18-16-14-12-10-8-6-4-2/h55-56,59-60H,3-54H2,1-2H3,(H,58,61). The third kappa shape index (κ3) is 50.3. The first kappa shape index (κ1) is 60.4. The van der Waals surface area contributed by atoms with Crippen molar-refractivity contribution in [1.29, 1.82) is 0 Å². The first-order valence-electron chi connectivity index (χ1n) is 28.7. The summed E-state index contributed by atoms with van der Waals surface area (Å²) in [6.45, 7) is 4.41. The largest absolute Gasteiger partial charge is 0.394 e. The topological polar surface area (TPSA) is 69.6 Å². The summed E-state index contributed by atoms with van der Waals surface area (Å²) >= 11 is 0. The van der Waals surface area contributed by atoms with E-state index in [1.807, 2.05) is 0 Å². The Balaban J connectivity index is 3.38. The second-order valence-electron chi connectivity index (χ2n) is 20.1. The Bertz CT molecular complexity index is 803. The first-order valence-corrected chi connectivity index (χ1v) is 28.7. The van der Waals surface area contributed by atoms with Gasteiger partial charge in [0, 0.05) is 6.42 Å². The van der Waals surface area contributed by atoms with Gasteiger partial charge in [-0.1, -0.05) is 322 Å². The average Bonchev–Trinajstić information content (AvgIpc) is 3.26. The predicted molar refractivity (Wildman–Crippen MR) is 272 cm³/mol. The third-order valence-corrected chi connectivity index (χ3v) is 13.9. The summed E-state index contributed by atoms with van der Waals surface area (Å²) in [5.74, 6) is -0.0216. The summed E-state index contributed by atoms with van der Waals surface area (Å²) in [6.07, 6.45) is 68.1. The highest BCUT2D eigenvalue weighted by Gasteiger charge is 2.20. The minimum Gasteiger partial charge on any atom is -0.394 e. The quantitative estimate of drug-likeness (QED) is 0.0534. The van der Waals surface area contributed by atoms with Crippen molar-refractivity contribution < 1.29 is 15.0 Å². The van der Waals surface area contributed by atoms with Gasteiger partial charge in [-0.2, -0.15) is 0 Å². The Morgan fingerprint density at radius 2 is 0.525 bits per heavy atom. The number of carbonyl (C=O) groups excluding carboxylic acids is 1. The highest BCUT2D eigenvalue weighted by atomic mass is 16.3. The normalized spacial score (nSPS) is 12.7. The minimum absolute atomic E-state index is 0.0216. The minimum atomic E-state index is -0.655. The summed E-state index contributed by atoms with van der Waals surface area (Å²) in [6, 6.07) is -0.531. The summed E-state index contributed by atoms with van der Waals surface area (Å²) in [5.41, 5.74) is 0. The van der Waals surface area contributed by atoms with Crippen LogP contribution in [0.2, 0.25) is 0 Å². The van der Waals surface area contributed by atoms with Gasteiger partial charge in [0.25, 0.3) is 0 Å². The predicted octanol–water partition coefficient (Wildman–Crippen LogP) is 18.8. The third-order valence-electron chi connectivity index (χ3n) is 13.9. The molecule has 0 rings (SSSR count). The lowest BCUT2D eigenvalue weighted by molar-refractivity contribution is -0.123. The fraction of sp³-hybridized carbons (Fsp3) is 0.982. The fourth-order valence-corrected chi connectivity index (χ4v) is 9.48. The summed E-state index contributed by atoms with van der Waals surface area (Å²) in [4.78, 5) is 12.5. The van der Waals surface area contributed by atoms with Crippen LogP contribution in [0.3, 0.4) is 0 Å². The highest BCUT2D eigenvalue weighted by Crippen LogP contribution is 2.19. The van der Waals surface area contributed by atoms with Crippen LogP contribution >= 0.6 is 0 Å². The molecule has 0 aromatic rings. The van der Waals surface area contributed by atoms with Crippen molar-refractivity contribution >= 4 is 5.91 Å². The van der Waals surface area contributed by atoms with E-state index in [0.717, 1.165) is 25.7 Å². The first-order chi connectivity index (χ1) is 30.2. The van der Waals surface area contributed by atoms with Gasteiger partial charge in [0.15, 0.2) is 0 Å². The van der Waals surface area contributed by atoms with E-state index in [0.29, 0.717) is 12.8 Å². The number of aliphatic hydroxyl groups is 2. The zero-order chi connectivity index (χ0) is 44.2. The van der Waals surface area contributed by atoms with Gasteiger partial charge in [-0.05, 0) is 12.8 Å². The molecule has 0 fully saturated rings. The molecule has 0 aliphatic carbocycles. The van der Waals surface area contributed by atoms with E-state index >= 15 is 0 Å². The van der Waals surface area contributed by atoms with Crippen molar-refractivity contribution in [2.24, 2.45) is 0 Å². The molecule has 0 radical (unpaired) electrons. The van der Waals surface area contributed by atoms with Crippen LogP contribution in [0.1, 0.15) is 341 Å². The maximum Gasteiger partial charge on any atom is 0.220 e. The molecule has 0 heterocycles. The molecule has 0 saturated heterocycles. The molecule has 0 aliphatic rings. The van der Waals surface area contributed by atoms with Gasteiger partial charge in [0.2, 0.25) is 5.91 Å². The maximum atomic E-state index is 12.5. The number of hydrogen-bond donors (Lipinski definition) is 3. The number of unbranched alkanes of at least 4 members (excludes halogenated alkanes) is 47. The van der Waals surface area contributed by atoms with E-state index < -0.39 is 12.1 Å². The van der Waals surface area contributed by atoms with E-state index in [1.165, 1.54) is 289 Å². The van der Waals surface area contributed by atoms with E-state index in [1.54, 1.807) is 0 Å². The molecule has 0 bridgehead atoms. The summed E-state index contributed by atoms with van der Waals surface area (Å²) in [5, 5.41) is 23.3. The highest BCUT2D eigenvalue weighted by molar-refractivity contribution is 5.76. The molecular formula is C57H115NO3. The number of aliphatic hydroxyl groups excluding tert-OH is 2. The van der Waals surface area contributed by atoms with Gasteiger partial charge in [0.1, 0.15) is 0 Å². The maximum absolute atomic E-state index is 12.5. The van der Waals surface area contributed by atoms with Crippen LogP contribution in [-0.2, 0) is 4.79 Å². The molecule has 2 unspecified atom stereocenters. The van der Waals surface area contributed by atoms with Crippen molar-refractivity contribution in [2.75, 3.05) is 6.61 Å². The van der Waals surface area contributed by atoms with E-state index in [4.69, 9.17) is 0 Å². The number of carbonyl (C=O) groups is 1. The molecule has 0 saturated carbocycles. The Hall–Kier alpha value is -0.610. The van der Waals surface area contributed by atoms with Gasteiger partial charge in [-0.25, -0.2) is 0 Å². The Labute approximate surface area is 384 Å². The van der Waals surface area contributed by atoms with Crippen molar-refractivity contribution in [1.82, 2.24) is 5.32 Å². The zero-order valence-electron chi connectivity index (χ0n) is 42.2. The van der Waals surface area contributed by atoms with Crippen LogP contribution in [0, 0.1) is 0 Å². The lowest BCUT2D eigenvalue weighted by Gasteiger charge is -2.22. The lowest BCUT2D eigenvalue weighted by Crippen LogP contribution is -2.45. The van der Waals surface area contributed by atoms with Crippen molar-refractivity contribution in [3.8, 4) is 0 Å². The van der Waals surface area contributed by atoms with Crippen LogP contribution in [0.15, 0.2) is 0 Å². The average molecular weight is 863 g/mol. The number of amides is 1. The lowest BCUT2D eigenvalue weighted by atomic mass is 10.0. The molecule has 3 N–H and O–H groups in total. The number of rotatable bonds is 54. The molecule has 0 aromatic heterocycles. The van der Waals surface area contributed by atoms with Gasteiger partial charge < -0.3 is 15.5 Å². The molecule has 4 nitrogen and oxygen atoms in total. The van der Waals surface area contributed by atoms with Crippen molar-refractivity contribution in [3.63, 3.8) is 0 Å². The number of hydrogen-bond acceptors (Lipinski definition) is 3. The van der Waals surface area contributed by atoms with Crippen LogP contribution in [-0.4, -0.2) is 34.9 Å². The van der Waals surface area contributed by atoms with Crippen molar-refractivity contribution in [2.45, 2.75) is 353 Å². The molecule has 4 heteroatoms. The van der Waals surface area contributed by atoms with Crippen LogP contribution in [0.4, 0.5) is 0 Å². The molecule has 366 valence electrons. The van der Waals surface area contributed by atoms with Gasteiger partial charge >= 0.3 is 0 Å². The second-order valence-corrected chi connectivity index (χ2v) is 20.1. The smallest absolute Gasteiger partial charge is 0.220 e. The Morgan fingerprint density at radius 1 is 0.328 bits per heavy atom. The van der Waals surface area contributed by atoms with E-state index in [-0.39, 0.29) is 12.5 Å². The summed E-state index contributed by atoms with van der Waals surface area (Å²) < 4.78 is 0. The summed E-state index contributed by atoms with van der Waals surface area (Å²) in [7, 11) is 0. The van der Waals surface area contributed by atoms with Crippen LogP contribution in [0.25, 0.3) is 0 Å². The molecule has 2 atom stereocenters.